The van der Waals surface area contributed by atoms with Crippen molar-refractivity contribution in [3.8, 4) is 5.95 Å². The molecule has 0 bridgehead atoms. The fourth-order valence-corrected chi connectivity index (χ4v) is 1.72. The maximum Gasteiger partial charge on any atom is 0.258 e. The third kappa shape index (κ3) is 3.59. The van der Waals surface area contributed by atoms with Crippen molar-refractivity contribution in [2.24, 2.45) is 5.84 Å². The lowest BCUT2D eigenvalue weighted by Gasteiger charge is -2.18. The summed E-state index contributed by atoms with van der Waals surface area (Å²) in [5.74, 6) is 6.38. The number of rotatable bonds is 6. The van der Waals surface area contributed by atoms with Gasteiger partial charge in [0.1, 0.15) is 12.7 Å². The number of likely N-dealkylation sites (N-methyl/N-ethyl adjacent to an activating group) is 1. The van der Waals surface area contributed by atoms with Gasteiger partial charge < -0.3 is 10.2 Å². The first kappa shape index (κ1) is 14.1. The molecule has 4 N–H and O–H groups in total. The molecule has 0 saturated carbocycles. The first-order valence-corrected chi connectivity index (χ1v) is 6.07. The summed E-state index contributed by atoms with van der Waals surface area (Å²) in [7, 11) is 4.00. The van der Waals surface area contributed by atoms with Crippen LogP contribution in [0.3, 0.4) is 0 Å². The van der Waals surface area contributed by atoms with Crippen molar-refractivity contribution < 1.29 is 0 Å². The minimum atomic E-state index is 0.168. The Balaban J connectivity index is 2.22. The second-order valence-corrected chi connectivity index (χ2v) is 4.57. The summed E-state index contributed by atoms with van der Waals surface area (Å²) in [4.78, 5) is 18.5. The fourth-order valence-electron chi connectivity index (χ4n) is 1.72. The van der Waals surface area contributed by atoms with E-state index in [4.69, 9.17) is 5.84 Å². The molecule has 10 heteroatoms. The van der Waals surface area contributed by atoms with Crippen LogP contribution in [0.1, 0.15) is 6.92 Å². The van der Waals surface area contributed by atoms with Crippen molar-refractivity contribution in [1.82, 2.24) is 34.6 Å². The number of anilines is 2. The van der Waals surface area contributed by atoms with Gasteiger partial charge in [-0.15, -0.1) is 0 Å². The number of aromatic nitrogens is 6. The van der Waals surface area contributed by atoms with Crippen LogP contribution in [0.15, 0.2) is 12.7 Å². The molecule has 0 radical (unpaired) electrons. The van der Waals surface area contributed by atoms with Gasteiger partial charge >= 0.3 is 0 Å². The number of hydrogen-bond acceptors (Lipinski definition) is 9. The van der Waals surface area contributed by atoms with Crippen LogP contribution in [0, 0.1) is 0 Å². The van der Waals surface area contributed by atoms with Gasteiger partial charge in [0.25, 0.3) is 5.95 Å². The predicted octanol–water partition coefficient (Wildman–Crippen LogP) is -0.900. The number of hydrogen-bond donors (Lipinski definition) is 3. The Morgan fingerprint density at radius 3 is 2.65 bits per heavy atom. The van der Waals surface area contributed by atoms with Crippen LogP contribution < -0.4 is 16.6 Å². The van der Waals surface area contributed by atoms with Crippen molar-refractivity contribution in [3.05, 3.63) is 12.7 Å². The van der Waals surface area contributed by atoms with Crippen LogP contribution in [-0.4, -0.2) is 61.3 Å². The number of hydrazine groups is 1. The van der Waals surface area contributed by atoms with Crippen LogP contribution >= 0.6 is 0 Å². The van der Waals surface area contributed by atoms with E-state index in [0.717, 1.165) is 6.54 Å². The molecule has 0 saturated heterocycles. The average molecular weight is 278 g/mol. The largest absolute Gasteiger partial charge is 0.350 e. The van der Waals surface area contributed by atoms with Crippen molar-refractivity contribution in [2.45, 2.75) is 13.0 Å². The Hall–Kier alpha value is -2.33. The third-order valence-electron chi connectivity index (χ3n) is 2.39. The standard InChI is InChI=1S/C10H18N10/c1-7(4-19(2)3)14-8-15-9(18-11)17-10(16-8)20-6-12-5-13-20/h5-7H,4,11H2,1-3H3,(H2,14,15,16,17,18). The molecule has 1 unspecified atom stereocenters. The van der Waals surface area contributed by atoms with Crippen LogP contribution in [0.4, 0.5) is 11.9 Å². The van der Waals surface area contributed by atoms with E-state index >= 15 is 0 Å². The smallest absolute Gasteiger partial charge is 0.258 e. The highest BCUT2D eigenvalue weighted by molar-refractivity contribution is 5.37. The number of nitrogens with two attached hydrogens (primary N) is 1. The van der Waals surface area contributed by atoms with Crippen LogP contribution in [-0.2, 0) is 0 Å². The van der Waals surface area contributed by atoms with E-state index in [9.17, 15) is 0 Å². The highest BCUT2D eigenvalue weighted by Crippen LogP contribution is 2.08. The minimum absolute atomic E-state index is 0.168. The van der Waals surface area contributed by atoms with Crippen LogP contribution in [0.5, 0.6) is 0 Å². The van der Waals surface area contributed by atoms with E-state index < -0.39 is 0 Å². The highest BCUT2D eigenvalue weighted by atomic mass is 15.4. The molecular formula is C10H18N10. The maximum absolute atomic E-state index is 5.37. The maximum atomic E-state index is 5.37. The van der Waals surface area contributed by atoms with Gasteiger partial charge in [-0.2, -0.15) is 24.7 Å². The van der Waals surface area contributed by atoms with Gasteiger partial charge in [-0.1, -0.05) is 0 Å². The monoisotopic (exact) mass is 278 g/mol. The molecule has 2 aromatic rings. The molecule has 2 rings (SSSR count). The van der Waals surface area contributed by atoms with Crippen LogP contribution in [0.2, 0.25) is 0 Å². The molecule has 0 fully saturated rings. The summed E-state index contributed by atoms with van der Waals surface area (Å²) in [6.07, 6.45) is 2.91. The predicted molar refractivity (Wildman–Crippen MR) is 74.2 cm³/mol. The van der Waals surface area contributed by atoms with Gasteiger partial charge in [-0.05, 0) is 21.0 Å². The van der Waals surface area contributed by atoms with Crippen LogP contribution in [0.25, 0.3) is 5.95 Å². The fraction of sp³-hybridized carbons (Fsp3) is 0.500. The topological polar surface area (TPSA) is 123 Å². The van der Waals surface area contributed by atoms with E-state index in [1.54, 1.807) is 0 Å². The number of nitrogen functional groups attached to an aromatic ring is 1. The lowest BCUT2D eigenvalue weighted by Crippen LogP contribution is -2.30. The molecule has 1 atom stereocenters. The highest BCUT2D eigenvalue weighted by Gasteiger charge is 2.11. The van der Waals surface area contributed by atoms with Gasteiger partial charge in [0.2, 0.25) is 11.9 Å². The number of nitrogens with zero attached hydrogens (tertiary/aromatic N) is 7. The zero-order valence-electron chi connectivity index (χ0n) is 11.6. The quantitative estimate of drug-likeness (QED) is 0.455. The summed E-state index contributed by atoms with van der Waals surface area (Å²) < 4.78 is 1.43. The van der Waals surface area contributed by atoms with E-state index in [-0.39, 0.29) is 12.0 Å². The molecule has 2 heterocycles. The summed E-state index contributed by atoms with van der Waals surface area (Å²) >= 11 is 0. The third-order valence-corrected chi connectivity index (χ3v) is 2.39. The molecule has 0 amide bonds. The summed E-state index contributed by atoms with van der Waals surface area (Å²) in [5, 5.41) is 7.17. The lowest BCUT2D eigenvalue weighted by molar-refractivity contribution is 0.391. The summed E-state index contributed by atoms with van der Waals surface area (Å²) in [5.41, 5.74) is 2.41. The molecule has 20 heavy (non-hydrogen) atoms. The molecular weight excluding hydrogens is 260 g/mol. The van der Waals surface area contributed by atoms with Gasteiger partial charge in [0.15, 0.2) is 0 Å². The zero-order chi connectivity index (χ0) is 14.5. The second kappa shape index (κ2) is 6.21. The Bertz CT molecular complexity index is 537. The molecule has 0 spiro atoms. The number of nitrogens with one attached hydrogen (secondary N) is 2. The molecule has 10 nitrogen and oxygen atoms in total. The molecule has 108 valence electrons. The van der Waals surface area contributed by atoms with Gasteiger partial charge in [0.05, 0.1) is 0 Å². The second-order valence-electron chi connectivity index (χ2n) is 4.57. The lowest BCUT2D eigenvalue weighted by atomic mass is 10.3. The molecule has 0 aromatic carbocycles. The normalized spacial score (nSPS) is 12.4. The van der Waals surface area contributed by atoms with E-state index in [2.05, 4.69) is 40.7 Å². The van der Waals surface area contributed by atoms with Crippen molar-refractivity contribution >= 4 is 11.9 Å². The molecule has 0 aliphatic heterocycles. The molecule has 0 aliphatic rings. The van der Waals surface area contributed by atoms with Gasteiger partial charge in [-0.25, -0.2) is 10.8 Å². The van der Waals surface area contributed by atoms with Gasteiger partial charge in [-0.3, -0.25) is 5.43 Å². The summed E-state index contributed by atoms with van der Waals surface area (Å²) in [6, 6.07) is 0.168. The first-order valence-electron chi connectivity index (χ1n) is 6.07. The SMILES string of the molecule is CC(CN(C)C)Nc1nc(NN)nc(-n2cncn2)n1. The van der Waals surface area contributed by atoms with Crippen molar-refractivity contribution in [3.63, 3.8) is 0 Å². The van der Waals surface area contributed by atoms with E-state index in [1.165, 1.54) is 17.3 Å². The minimum Gasteiger partial charge on any atom is -0.350 e. The molecule has 2 aromatic heterocycles. The van der Waals surface area contributed by atoms with E-state index in [0.29, 0.717) is 11.9 Å². The summed E-state index contributed by atoms with van der Waals surface area (Å²) in [6.45, 7) is 2.88. The first-order chi connectivity index (χ1) is 9.58. The Morgan fingerprint density at radius 2 is 2.05 bits per heavy atom. The average Bonchev–Trinajstić information content (AvgIpc) is 2.91. The molecule has 0 aliphatic carbocycles. The van der Waals surface area contributed by atoms with Gasteiger partial charge in [0, 0.05) is 12.6 Å². The van der Waals surface area contributed by atoms with Crippen molar-refractivity contribution in [2.75, 3.05) is 31.4 Å². The van der Waals surface area contributed by atoms with Crippen molar-refractivity contribution in [1.29, 1.82) is 0 Å². The van der Waals surface area contributed by atoms with E-state index in [1.807, 2.05) is 21.0 Å². The Kier molecular flexibility index (Phi) is 4.38. The Morgan fingerprint density at radius 1 is 1.30 bits per heavy atom. The Labute approximate surface area is 116 Å². The zero-order valence-corrected chi connectivity index (χ0v) is 11.6.